The van der Waals surface area contributed by atoms with Crippen molar-refractivity contribution in [2.75, 3.05) is 13.2 Å². The summed E-state index contributed by atoms with van der Waals surface area (Å²) in [6.45, 7) is 1.33. The predicted molar refractivity (Wildman–Crippen MR) is 98.2 cm³/mol. The van der Waals surface area contributed by atoms with Gasteiger partial charge in [-0.2, -0.15) is 5.10 Å². The van der Waals surface area contributed by atoms with E-state index in [1.807, 2.05) is 47.8 Å². The van der Waals surface area contributed by atoms with Crippen molar-refractivity contribution in [2.45, 2.75) is 18.9 Å². The molecule has 4 rings (SSSR count). The molecule has 0 spiro atoms. The van der Waals surface area contributed by atoms with Gasteiger partial charge < -0.3 is 10.1 Å². The van der Waals surface area contributed by atoms with E-state index in [1.165, 1.54) is 0 Å². The summed E-state index contributed by atoms with van der Waals surface area (Å²) in [6, 6.07) is 13.8. The van der Waals surface area contributed by atoms with Crippen LogP contribution in [0.3, 0.4) is 0 Å². The Kier molecular flexibility index (Phi) is 4.63. The van der Waals surface area contributed by atoms with E-state index in [0.717, 1.165) is 30.0 Å². The van der Waals surface area contributed by atoms with Crippen LogP contribution in [0.2, 0.25) is 0 Å². The summed E-state index contributed by atoms with van der Waals surface area (Å²) in [5.41, 5.74) is 2.23. The maximum absolute atomic E-state index is 12.7. The fourth-order valence-corrected chi connectivity index (χ4v) is 3.68. The highest BCUT2D eigenvalue weighted by atomic mass is 32.1. The molecule has 25 heavy (non-hydrogen) atoms. The summed E-state index contributed by atoms with van der Waals surface area (Å²) in [7, 11) is 0. The summed E-state index contributed by atoms with van der Waals surface area (Å²) >= 11 is 1.58. The SMILES string of the molecule is O=C(NC[C@H]1CCCO1)c1cn(-c2ccccc2)nc1-c1cccs1. The minimum Gasteiger partial charge on any atom is -0.376 e. The number of aromatic nitrogens is 2. The first-order valence-corrected chi connectivity index (χ1v) is 9.28. The van der Waals surface area contributed by atoms with Crippen molar-refractivity contribution in [2.24, 2.45) is 0 Å². The normalized spacial score (nSPS) is 16.9. The highest BCUT2D eigenvalue weighted by Crippen LogP contribution is 2.27. The third-order valence-corrected chi connectivity index (χ3v) is 5.13. The van der Waals surface area contributed by atoms with Gasteiger partial charge in [0, 0.05) is 19.3 Å². The predicted octanol–water partition coefficient (Wildman–Crippen LogP) is 3.51. The van der Waals surface area contributed by atoms with Crippen LogP contribution in [0.15, 0.2) is 54.0 Å². The van der Waals surface area contributed by atoms with Crippen LogP contribution in [0.5, 0.6) is 0 Å². The van der Waals surface area contributed by atoms with Gasteiger partial charge in [0.1, 0.15) is 5.69 Å². The van der Waals surface area contributed by atoms with E-state index in [0.29, 0.717) is 17.8 Å². The lowest BCUT2D eigenvalue weighted by molar-refractivity contribution is 0.0858. The smallest absolute Gasteiger partial charge is 0.255 e. The van der Waals surface area contributed by atoms with Crippen molar-refractivity contribution >= 4 is 17.2 Å². The molecule has 0 radical (unpaired) electrons. The molecule has 2 aromatic heterocycles. The number of benzene rings is 1. The summed E-state index contributed by atoms with van der Waals surface area (Å²) in [4.78, 5) is 13.7. The molecule has 1 aliphatic rings. The molecule has 3 heterocycles. The zero-order chi connectivity index (χ0) is 17.1. The van der Waals surface area contributed by atoms with Crippen LogP contribution < -0.4 is 5.32 Å². The van der Waals surface area contributed by atoms with Gasteiger partial charge in [0.05, 0.1) is 22.2 Å². The Morgan fingerprint density at radius 1 is 1.28 bits per heavy atom. The van der Waals surface area contributed by atoms with Crippen LogP contribution in [0.1, 0.15) is 23.2 Å². The quantitative estimate of drug-likeness (QED) is 0.764. The summed E-state index contributed by atoms with van der Waals surface area (Å²) in [5, 5.41) is 9.65. The summed E-state index contributed by atoms with van der Waals surface area (Å²) < 4.78 is 7.34. The maximum atomic E-state index is 12.7. The Morgan fingerprint density at radius 3 is 2.88 bits per heavy atom. The van der Waals surface area contributed by atoms with Crippen LogP contribution >= 0.6 is 11.3 Å². The van der Waals surface area contributed by atoms with Gasteiger partial charge in [-0.3, -0.25) is 4.79 Å². The molecule has 1 atom stereocenters. The first-order chi connectivity index (χ1) is 12.3. The average molecular weight is 353 g/mol. The first-order valence-electron chi connectivity index (χ1n) is 8.40. The third-order valence-electron chi connectivity index (χ3n) is 4.25. The molecule has 1 N–H and O–H groups in total. The largest absolute Gasteiger partial charge is 0.376 e. The van der Waals surface area contributed by atoms with E-state index in [2.05, 4.69) is 10.4 Å². The van der Waals surface area contributed by atoms with Gasteiger partial charge in [0.15, 0.2) is 0 Å². The third kappa shape index (κ3) is 3.50. The van der Waals surface area contributed by atoms with Crippen molar-refractivity contribution in [1.29, 1.82) is 0 Å². The Balaban J connectivity index is 1.62. The molecule has 1 aromatic carbocycles. The van der Waals surface area contributed by atoms with Crippen LogP contribution in [0, 0.1) is 0 Å². The minimum atomic E-state index is -0.110. The van der Waals surface area contributed by atoms with Gasteiger partial charge in [-0.25, -0.2) is 4.68 Å². The van der Waals surface area contributed by atoms with Gasteiger partial charge in [0.25, 0.3) is 5.91 Å². The zero-order valence-electron chi connectivity index (χ0n) is 13.7. The molecule has 1 aliphatic heterocycles. The second-order valence-electron chi connectivity index (χ2n) is 5.99. The molecule has 6 heteroatoms. The van der Waals surface area contributed by atoms with E-state index >= 15 is 0 Å². The van der Waals surface area contributed by atoms with Crippen molar-refractivity contribution in [3.05, 3.63) is 59.6 Å². The lowest BCUT2D eigenvalue weighted by atomic mass is 10.2. The number of thiophene rings is 1. The van der Waals surface area contributed by atoms with Crippen LogP contribution in [0.25, 0.3) is 16.3 Å². The highest BCUT2D eigenvalue weighted by molar-refractivity contribution is 7.13. The minimum absolute atomic E-state index is 0.110. The Bertz CT molecular complexity index is 837. The lowest BCUT2D eigenvalue weighted by Crippen LogP contribution is -2.31. The van der Waals surface area contributed by atoms with Gasteiger partial charge in [-0.05, 0) is 36.4 Å². The van der Waals surface area contributed by atoms with Crippen LogP contribution in [0.4, 0.5) is 0 Å². The topological polar surface area (TPSA) is 56.1 Å². The second-order valence-corrected chi connectivity index (χ2v) is 6.94. The molecule has 1 saturated heterocycles. The number of para-hydroxylation sites is 1. The number of hydrogen-bond acceptors (Lipinski definition) is 4. The summed E-state index contributed by atoms with van der Waals surface area (Å²) in [6.07, 6.45) is 3.99. The fourth-order valence-electron chi connectivity index (χ4n) is 2.96. The molecule has 1 amide bonds. The Morgan fingerprint density at radius 2 is 2.16 bits per heavy atom. The van der Waals surface area contributed by atoms with E-state index in [9.17, 15) is 4.79 Å². The highest BCUT2D eigenvalue weighted by Gasteiger charge is 2.21. The molecule has 0 bridgehead atoms. The average Bonchev–Trinajstić information content (AvgIpc) is 3.41. The lowest BCUT2D eigenvalue weighted by Gasteiger charge is -2.10. The first kappa shape index (κ1) is 16.1. The molecular formula is C19H19N3O2S. The zero-order valence-corrected chi connectivity index (χ0v) is 14.5. The number of amides is 1. The number of hydrogen-bond donors (Lipinski definition) is 1. The number of ether oxygens (including phenoxy) is 1. The fraction of sp³-hybridized carbons (Fsp3) is 0.263. The number of carbonyl (C=O) groups is 1. The van der Waals surface area contributed by atoms with Crippen molar-refractivity contribution in [3.63, 3.8) is 0 Å². The monoisotopic (exact) mass is 353 g/mol. The molecule has 1 fully saturated rings. The van der Waals surface area contributed by atoms with Crippen molar-refractivity contribution < 1.29 is 9.53 Å². The summed E-state index contributed by atoms with van der Waals surface area (Å²) in [5.74, 6) is -0.110. The molecule has 3 aromatic rings. The van der Waals surface area contributed by atoms with Crippen LogP contribution in [-0.4, -0.2) is 34.9 Å². The molecule has 0 aliphatic carbocycles. The molecular weight excluding hydrogens is 334 g/mol. The van der Waals surface area contributed by atoms with E-state index in [1.54, 1.807) is 22.2 Å². The standard InChI is InChI=1S/C19H19N3O2S/c23-19(20-12-15-8-4-10-24-15)16-13-22(14-6-2-1-3-7-14)21-18(16)17-9-5-11-25-17/h1-3,5-7,9,11,13,15H,4,8,10,12H2,(H,20,23)/t15-/m1/s1. The molecule has 0 saturated carbocycles. The number of carbonyl (C=O) groups excluding carboxylic acids is 1. The maximum Gasteiger partial charge on any atom is 0.255 e. The second kappa shape index (κ2) is 7.21. The Hall–Kier alpha value is -2.44. The van der Waals surface area contributed by atoms with E-state index in [-0.39, 0.29) is 12.0 Å². The Labute approximate surface area is 150 Å². The van der Waals surface area contributed by atoms with Crippen molar-refractivity contribution in [3.8, 4) is 16.3 Å². The van der Waals surface area contributed by atoms with E-state index in [4.69, 9.17) is 4.74 Å². The van der Waals surface area contributed by atoms with Gasteiger partial charge in [-0.15, -0.1) is 11.3 Å². The number of rotatable bonds is 5. The van der Waals surface area contributed by atoms with E-state index < -0.39 is 0 Å². The molecule has 0 unspecified atom stereocenters. The van der Waals surface area contributed by atoms with Gasteiger partial charge >= 0.3 is 0 Å². The number of nitrogens with zero attached hydrogens (tertiary/aromatic N) is 2. The molecule has 128 valence electrons. The molecule has 5 nitrogen and oxygen atoms in total. The van der Waals surface area contributed by atoms with Gasteiger partial charge in [0.2, 0.25) is 0 Å². The van der Waals surface area contributed by atoms with Gasteiger partial charge in [-0.1, -0.05) is 24.3 Å². The van der Waals surface area contributed by atoms with Crippen molar-refractivity contribution in [1.82, 2.24) is 15.1 Å². The van der Waals surface area contributed by atoms with Crippen LogP contribution in [-0.2, 0) is 4.74 Å². The number of nitrogens with one attached hydrogen (secondary N) is 1.